The van der Waals surface area contributed by atoms with Crippen LogP contribution in [0, 0.1) is 10.4 Å². The Bertz CT molecular complexity index is 1310. The molecule has 2 bridgehead atoms. The van der Waals surface area contributed by atoms with Gasteiger partial charge in [-0.1, -0.05) is 34.4 Å². The average Bonchev–Trinajstić information content (AvgIpc) is 3.02. The summed E-state index contributed by atoms with van der Waals surface area (Å²) < 4.78 is 1.72. The number of hydrogen-bond donors (Lipinski definition) is 0. The van der Waals surface area contributed by atoms with Crippen LogP contribution in [0.4, 0.5) is 0 Å². The summed E-state index contributed by atoms with van der Waals surface area (Å²) in [5.41, 5.74) is 0.687. The highest BCUT2D eigenvalue weighted by atomic mass is 16.5. The third-order valence-corrected chi connectivity index (χ3v) is 11.3. The zero-order chi connectivity index (χ0) is 28.6. The highest BCUT2D eigenvalue weighted by Crippen LogP contribution is 2.73. The predicted molar refractivity (Wildman–Crippen MR) is 147 cm³/mol. The second kappa shape index (κ2) is 7.34. The van der Waals surface area contributed by atoms with Crippen molar-refractivity contribution in [2.45, 2.75) is 108 Å². The van der Waals surface area contributed by atoms with Crippen molar-refractivity contribution in [1.29, 1.82) is 0 Å². The first-order valence-corrected chi connectivity index (χ1v) is 13.8. The molecule has 8 nitrogen and oxygen atoms in total. The van der Waals surface area contributed by atoms with E-state index in [1.165, 1.54) is 11.1 Å². The molecule has 2 aliphatic heterocycles. The van der Waals surface area contributed by atoms with Crippen molar-refractivity contribution in [3.8, 4) is 0 Å². The van der Waals surface area contributed by atoms with Gasteiger partial charge in [0.15, 0.2) is 11.1 Å². The summed E-state index contributed by atoms with van der Waals surface area (Å²) in [6, 6.07) is 15.9. The molecule has 3 saturated carbocycles. The Hall–Kier alpha value is -3.10. The SMILES string of the molecule is CC1(C)N([O])C(c2ccc(C34CC(c5ccc(C6=[N+]([O-])C(C)(C)C(C)(C)N6[O])cc5)(C3)C4)cc2)=[N+]([O-])C1(C)C. The van der Waals surface area contributed by atoms with Crippen LogP contribution in [-0.2, 0) is 21.2 Å². The predicted octanol–water partition coefficient (Wildman–Crippen LogP) is 5.01. The highest BCUT2D eigenvalue weighted by molar-refractivity contribution is 5.96. The van der Waals surface area contributed by atoms with Gasteiger partial charge in [-0.15, -0.1) is 0 Å². The minimum absolute atomic E-state index is 0.121. The van der Waals surface area contributed by atoms with Crippen molar-refractivity contribution in [3.05, 3.63) is 81.2 Å². The van der Waals surface area contributed by atoms with E-state index in [0.29, 0.717) is 11.1 Å². The summed E-state index contributed by atoms with van der Waals surface area (Å²) in [7, 11) is 0. The van der Waals surface area contributed by atoms with Gasteiger partial charge in [-0.25, -0.2) is 0 Å². The molecule has 39 heavy (non-hydrogen) atoms. The molecule has 2 aromatic carbocycles. The maximum absolute atomic E-state index is 13.0. The maximum Gasteiger partial charge on any atom is 0.316 e. The Balaban J connectivity index is 1.19. The monoisotopic (exact) mass is 530 g/mol. The van der Waals surface area contributed by atoms with E-state index in [2.05, 4.69) is 24.3 Å². The molecule has 2 radical (unpaired) electrons. The normalized spacial score (nSPS) is 31.4. The molecule has 0 amide bonds. The Labute approximate surface area is 230 Å². The van der Waals surface area contributed by atoms with Crippen LogP contribution in [0.5, 0.6) is 0 Å². The van der Waals surface area contributed by atoms with Crippen LogP contribution >= 0.6 is 0 Å². The molecule has 3 aliphatic carbocycles. The molecule has 0 N–H and O–H groups in total. The molecule has 8 heteroatoms. The zero-order valence-corrected chi connectivity index (χ0v) is 24.2. The number of benzene rings is 2. The fourth-order valence-electron chi connectivity index (χ4n) is 7.03. The van der Waals surface area contributed by atoms with Crippen molar-refractivity contribution in [1.82, 2.24) is 10.1 Å². The van der Waals surface area contributed by atoms with Crippen molar-refractivity contribution >= 4 is 11.7 Å². The Kier molecular flexibility index (Phi) is 4.92. The van der Waals surface area contributed by atoms with E-state index in [1.54, 1.807) is 0 Å². The molecule has 0 unspecified atom stereocenters. The largest absolute Gasteiger partial charge is 0.714 e. The lowest BCUT2D eigenvalue weighted by Crippen LogP contribution is -2.67. The number of amidine groups is 2. The van der Waals surface area contributed by atoms with E-state index in [1.807, 2.05) is 79.7 Å². The van der Waals surface area contributed by atoms with Crippen LogP contribution in [0.25, 0.3) is 0 Å². The van der Waals surface area contributed by atoms with Crippen LogP contribution < -0.4 is 0 Å². The smallest absolute Gasteiger partial charge is 0.316 e. The highest BCUT2D eigenvalue weighted by Gasteiger charge is 2.69. The Morgan fingerprint density at radius 1 is 0.564 bits per heavy atom. The first-order valence-electron chi connectivity index (χ1n) is 13.8. The standard InChI is InChI=1S/C31H38N4O4/c1-26(2)27(3,4)33(37)24(32(26)36)20-9-13-22(14-10-20)30-17-31(18-30,19-30)23-15-11-21(12-16-23)25-34(38)28(5,6)29(7,8)35(25)39/h9-16H,17-19H2,1-8H3. The molecule has 5 aliphatic rings. The summed E-state index contributed by atoms with van der Waals surface area (Å²) in [6.07, 6.45) is 3.11. The van der Waals surface area contributed by atoms with Crippen molar-refractivity contribution in [3.63, 3.8) is 0 Å². The lowest BCUT2D eigenvalue weighted by atomic mass is 9.32. The fraction of sp³-hybridized carbons (Fsp3) is 0.548. The quantitative estimate of drug-likeness (QED) is 0.410. The van der Waals surface area contributed by atoms with Gasteiger partial charge in [0.1, 0.15) is 11.1 Å². The van der Waals surface area contributed by atoms with Gasteiger partial charge in [-0.3, -0.25) is 9.48 Å². The summed E-state index contributed by atoms with van der Waals surface area (Å²) >= 11 is 0. The first kappa shape index (κ1) is 26.1. The first-order chi connectivity index (χ1) is 17.9. The maximum atomic E-state index is 13.0. The fourth-order valence-corrected chi connectivity index (χ4v) is 7.03. The zero-order valence-electron chi connectivity index (χ0n) is 24.2. The van der Waals surface area contributed by atoms with Gasteiger partial charge in [0.05, 0.1) is 11.1 Å². The summed E-state index contributed by atoms with van der Waals surface area (Å²) in [4.78, 5) is 0. The third kappa shape index (κ3) is 2.96. The van der Waals surface area contributed by atoms with Crippen molar-refractivity contribution < 1.29 is 19.9 Å². The molecule has 3 fully saturated rings. The van der Waals surface area contributed by atoms with Crippen LogP contribution in [0.2, 0.25) is 0 Å². The van der Waals surface area contributed by atoms with Gasteiger partial charge in [0.2, 0.25) is 0 Å². The number of hydrogen-bond acceptors (Lipinski definition) is 4. The molecular weight excluding hydrogens is 492 g/mol. The third-order valence-electron chi connectivity index (χ3n) is 11.3. The second-order valence-electron chi connectivity index (χ2n) is 14.3. The van der Waals surface area contributed by atoms with E-state index in [-0.39, 0.29) is 22.5 Å². The molecule has 0 aromatic heterocycles. The van der Waals surface area contributed by atoms with E-state index >= 15 is 0 Å². The summed E-state index contributed by atoms with van der Waals surface area (Å²) in [5, 5.41) is 53.8. The molecule has 206 valence electrons. The molecule has 0 spiro atoms. The summed E-state index contributed by atoms with van der Waals surface area (Å²) in [6.45, 7) is 14.5. The average molecular weight is 531 g/mol. The van der Waals surface area contributed by atoms with Gasteiger partial charge in [0, 0.05) is 10.4 Å². The molecular formula is C31H38N4O4. The van der Waals surface area contributed by atoms with Crippen LogP contribution in [-0.4, -0.2) is 53.4 Å². The number of nitrogens with zero attached hydrogens (tertiary/aromatic N) is 4. The van der Waals surface area contributed by atoms with Gasteiger partial charge in [-0.05, 0) is 121 Å². The van der Waals surface area contributed by atoms with E-state index in [9.17, 15) is 20.8 Å². The van der Waals surface area contributed by atoms with Gasteiger partial charge >= 0.3 is 11.7 Å². The van der Waals surface area contributed by atoms with Gasteiger partial charge < -0.3 is 10.4 Å². The number of rotatable bonds is 4. The van der Waals surface area contributed by atoms with Gasteiger partial charge in [-0.2, -0.15) is 0 Å². The van der Waals surface area contributed by atoms with Crippen LogP contribution in [0.1, 0.15) is 96.9 Å². The molecule has 0 saturated heterocycles. The molecule has 0 atom stereocenters. The van der Waals surface area contributed by atoms with E-state index in [0.717, 1.165) is 38.9 Å². The minimum atomic E-state index is -0.834. The lowest BCUT2D eigenvalue weighted by molar-refractivity contribution is -0.539. The summed E-state index contributed by atoms with van der Waals surface area (Å²) in [5.74, 6) is 0.344. The molecule has 2 heterocycles. The Morgan fingerprint density at radius 2 is 0.846 bits per heavy atom. The van der Waals surface area contributed by atoms with Gasteiger partial charge in [0.25, 0.3) is 0 Å². The number of hydroxylamine groups is 6. The molecule has 2 aromatic rings. The van der Waals surface area contributed by atoms with E-state index < -0.39 is 22.2 Å². The topological polar surface area (TPSA) is 98.4 Å². The van der Waals surface area contributed by atoms with E-state index in [4.69, 9.17) is 0 Å². The van der Waals surface area contributed by atoms with Crippen LogP contribution in [0.3, 0.4) is 0 Å². The minimum Gasteiger partial charge on any atom is -0.714 e. The molecule has 7 rings (SSSR count). The van der Waals surface area contributed by atoms with Crippen LogP contribution in [0.15, 0.2) is 48.5 Å². The lowest BCUT2D eigenvalue weighted by Gasteiger charge is -2.71. The van der Waals surface area contributed by atoms with Crippen molar-refractivity contribution in [2.75, 3.05) is 0 Å². The Morgan fingerprint density at radius 3 is 1.08 bits per heavy atom. The second-order valence-corrected chi connectivity index (χ2v) is 14.3. The van der Waals surface area contributed by atoms with Crippen molar-refractivity contribution in [2.24, 2.45) is 0 Å².